The van der Waals surface area contributed by atoms with E-state index in [2.05, 4.69) is 5.32 Å². The highest BCUT2D eigenvalue weighted by atomic mass is 35.5. The number of carbonyl (C=O) groups excluding carboxylic acids is 2. The summed E-state index contributed by atoms with van der Waals surface area (Å²) in [6.45, 7) is 0. The summed E-state index contributed by atoms with van der Waals surface area (Å²) in [5.41, 5.74) is 5.55. The Bertz CT molecular complexity index is 563. The zero-order chi connectivity index (χ0) is 16.0. The molecule has 0 heterocycles. The molecular weight excluding hydrogens is 319 g/mol. The number of aliphatic carboxylic acids is 1. The molecule has 0 radical (unpaired) electrons. The van der Waals surface area contributed by atoms with Gasteiger partial charge in [0.1, 0.15) is 6.04 Å². The maximum Gasteiger partial charge on any atom is 0.326 e. The van der Waals surface area contributed by atoms with Crippen molar-refractivity contribution in [2.45, 2.75) is 25.3 Å². The molecule has 0 fully saturated rings. The van der Waals surface area contributed by atoms with E-state index in [4.69, 9.17) is 34.0 Å². The van der Waals surface area contributed by atoms with Crippen LogP contribution in [0.4, 0.5) is 0 Å². The number of benzene rings is 1. The summed E-state index contributed by atoms with van der Waals surface area (Å²) >= 11 is 11.6. The van der Waals surface area contributed by atoms with E-state index in [-0.39, 0.29) is 19.3 Å². The molecule has 0 aliphatic rings. The molecule has 8 heteroatoms. The van der Waals surface area contributed by atoms with Crippen molar-refractivity contribution in [2.75, 3.05) is 0 Å². The Morgan fingerprint density at radius 1 is 1.24 bits per heavy atom. The van der Waals surface area contributed by atoms with E-state index in [0.29, 0.717) is 15.6 Å². The van der Waals surface area contributed by atoms with Gasteiger partial charge >= 0.3 is 5.97 Å². The molecule has 21 heavy (non-hydrogen) atoms. The molecule has 2 amide bonds. The SMILES string of the molecule is NC(=O)CC[C@H](NC(=O)Cc1ccc(Cl)c(Cl)c1)C(=O)O. The molecule has 0 aliphatic heterocycles. The average Bonchev–Trinajstić information content (AvgIpc) is 2.38. The second-order valence-corrected chi connectivity index (χ2v) is 5.20. The molecule has 0 spiro atoms. The highest BCUT2D eigenvalue weighted by molar-refractivity contribution is 6.42. The van der Waals surface area contributed by atoms with Crippen LogP contribution in [0.5, 0.6) is 0 Å². The smallest absolute Gasteiger partial charge is 0.326 e. The summed E-state index contributed by atoms with van der Waals surface area (Å²) in [5, 5.41) is 12.0. The van der Waals surface area contributed by atoms with Gasteiger partial charge in [0.25, 0.3) is 0 Å². The Kier molecular flexibility index (Phi) is 6.45. The predicted molar refractivity (Wildman–Crippen MR) is 78.2 cm³/mol. The number of nitrogens with two attached hydrogens (primary N) is 1. The fourth-order valence-electron chi connectivity index (χ4n) is 1.62. The number of hydrogen-bond acceptors (Lipinski definition) is 3. The summed E-state index contributed by atoms with van der Waals surface area (Å²) in [6.07, 6.45) is -0.223. The average molecular weight is 333 g/mol. The van der Waals surface area contributed by atoms with Crippen LogP contribution >= 0.6 is 23.2 Å². The van der Waals surface area contributed by atoms with E-state index in [1.165, 1.54) is 6.07 Å². The number of carbonyl (C=O) groups is 3. The quantitative estimate of drug-likeness (QED) is 0.700. The number of hydrogen-bond donors (Lipinski definition) is 3. The third-order valence-electron chi connectivity index (χ3n) is 2.66. The first-order chi connectivity index (χ1) is 9.79. The van der Waals surface area contributed by atoms with Crippen LogP contribution in [0.25, 0.3) is 0 Å². The van der Waals surface area contributed by atoms with Gasteiger partial charge in [0.15, 0.2) is 0 Å². The van der Waals surface area contributed by atoms with E-state index in [0.717, 1.165) is 0 Å². The Morgan fingerprint density at radius 2 is 1.90 bits per heavy atom. The molecule has 1 atom stereocenters. The standard InChI is InChI=1S/C13H14Cl2N2O4/c14-8-2-1-7(5-9(8)15)6-12(19)17-10(13(20)21)3-4-11(16)18/h1-2,5,10H,3-4,6H2,(H2,16,18)(H,17,19)(H,20,21)/t10-/m0/s1. The van der Waals surface area contributed by atoms with Crippen molar-refractivity contribution in [1.29, 1.82) is 0 Å². The van der Waals surface area contributed by atoms with Crippen molar-refractivity contribution in [2.24, 2.45) is 5.73 Å². The van der Waals surface area contributed by atoms with Gasteiger partial charge in [-0.2, -0.15) is 0 Å². The second-order valence-electron chi connectivity index (χ2n) is 4.39. The first-order valence-electron chi connectivity index (χ1n) is 6.04. The lowest BCUT2D eigenvalue weighted by atomic mass is 10.1. The number of primary amides is 1. The van der Waals surface area contributed by atoms with Gasteiger partial charge in [0, 0.05) is 6.42 Å². The van der Waals surface area contributed by atoms with Crippen LogP contribution in [0.3, 0.4) is 0 Å². The minimum Gasteiger partial charge on any atom is -0.480 e. The van der Waals surface area contributed by atoms with Crippen molar-refractivity contribution in [3.63, 3.8) is 0 Å². The van der Waals surface area contributed by atoms with Crippen LogP contribution in [-0.4, -0.2) is 28.9 Å². The van der Waals surface area contributed by atoms with Crippen LogP contribution in [0.15, 0.2) is 18.2 Å². The van der Waals surface area contributed by atoms with Crippen LogP contribution in [-0.2, 0) is 20.8 Å². The van der Waals surface area contributed by atoms with Crippen molar-refractivity contribution < 1.29 is 19.5 Å². The number of nitrogens with one attached hydrogen (secondary N) is 1. The van der Waals surface area contributed by atoms with E-state index in [1.54, 1.807) is 12.1 Å². The van der Waals surface area contributed by atoms with Gasteiger partial charge in [-0.1, -0.05) is 29.3 Å². The fourth-order valence-corrected chi connectivity index (χ4v) is 1.95. The zero-order valence-corrected chi connectivity index (χ0v) is 12.4. The van der Waals surface area contributed by atoms with Crippen LogP contribution < -0.4 is 11.1 Å². The lowest BCUT2D eigenvalue weighted by Gasteiger charge is -2.13. The lowest BCUT2D eigenvalue weighted by Crippen LogP contribution is -2.42. The Morgan fingerprint density at radius 3 is 2.43 bits per heavy atom. The second kappa shape index (κ2) is 7.85. The summed E-state index contributed by atoms with van der Waals surface area (Å²) in [5.74, 6) is -2.34. The van der Waals surface area contributed by atoms with E-state index < -0.39 is 23.8 Å². The molecule has 6 nitrogen and oxygen atoms in total. The van der Waals surface area contributed by atoms with Gasteiger partial charge in [-0.05, 0) is 24.1 Å². The molecule has 0 bridgehead atoms. The first kappa shape index (κ1) is 17.3. The topological polar surface area (TPSA) is 109 Å². The van der Waals surface area contributed by atoms with Crippen molar-refractivity contribution >= 4 is 41.0 Å². The molecule has 0 unspecified atom stereocenters. The van der Waals surface area contributed by atoms with Gasteiger partial charge in [-0.3, -0.25) is 9.59 Å². The fraction of sp³-hybridized carbons (Fsp3) is 0.308. The highest BCUT2D eigenvalue weighted by Gasteiger charge is 2.20. The van der Waals surface area contributed by atoms with Gasteiger partial charge in [-0.25, -0.2) is 4.79 Å². The normalized spacial score (nSPS) is 11.7. The Labute approximate surface area is 131 Å². The zero-order valence-electron chi connectivity index (χ0n) is 10.9. The molecule has 1 aromatic carbocycles. The Balaban J connectivity index is 2.62. The summed E-state index contributed by atoms with van der Waals surface area (Å²) < 4.78 is 0. The van der Waals surface area contributed by atoms with Crippen molar-refractivity contribution in [3.8, 4) is 0 Å². The molecule has 1 rings (SSSR count). The number of rotatable bonds is 7. The van der Waals surface area contributed by atoms with Crippen LogP contribution in [0.1, 0.15) is 18.4 Å². The molecule has 1 aromatic rings. The summed E-state index contributed by atoms with van der Waals surface area (Å²) in [4.78, 5) is 33.5. The minimum atomic E-state index is -1.22. The first-order valence-corrected chi connectivity index (χ1v) is 6.79. The van der Waals surface area contributed by atoms with Gasteiger partial charge in [0.2, 0.25) is 11.8 Å². The molecule has 4 N–H and O–H groups in total. The summed E-state index contributed by atoms with van der Waals surface area (Å²) in [7, 11) is 0. The van der Waals surface area contributed by atoms with Gasteiger partial charge in [0.05, 0.1) is 16.5 Å². The monoisotopic (exact) mass is 332 g/mol. The molecular formula is C13H14Cl2N2O4. The number of carboxylic acid groups (broad SMARTS) is 1. The molecule has 114 valence electrons. The third-order valence-corrected chi connectivity index (χ3v) is 3.40. The minimum absolute atomic E-state index is 0.0444. The molecule has 0 saturated carbocycles. The molecule has 0 saturated heterocycles. The summed E-state index contributed by atoms with van der Waals surface area (Å²) in [6, 6.07) is 3.54. The lowest BCUT2D eigenvalue weighted by molar-refractivity contribution is -0.142. The number of halogens is 2. The van der Waals surface area contributed by atoms with Gasteiger partial charge in [-0.15, -0.1) is 0 Å². The number of carboxylic acids is 1. The third kappa shape index (κ3) is 6.01. The van der Waals surface area contributed by atoms with E-state index in [1.807, 2.05) is 0 Å². The highest BCUT2D eigenvalue weighted by Crippen LogP contribution is 2.22. The number of amides is 2. The largest absolute Gasteiger partial charge is 0.480 e. The van der Waals surface area contributed by atoms with E-state index >= 15 is 0 Å². The maximum atomic E-state index is 11.8. The molecule has 0 aromatic heterocycles. The van der Waals surface area contributed by atoms with Crippen LogP contribution in [0.2, 0.25) is 10.0 Å². The van der Waals surface area contributed by atoms with Gasteiger partial charge < -0.3 is 16.2 Å². The Hall–Kier alpha value is -1.79. The predicted octanol–water partition coefficient (Wildman–Crippen LogP) is 1.37. The maximum absolute atomic E-state index is 11.8. The molecule has 0 aliphatic carbocycles. The van der Waals surface area contributed by atoms with Crippen molar-refractivity contribution in [1.82, 2.24) is 5.32 Å². The van der Waals surface area contributed by atoms with Crippen LogP contribution in [0, 0.1) is 0 Å². The van der Waals surface area contributed by atoms with E-state index in [9.17, 15) is 14.4 Å². The van der Waals surface area contributed by atoms with Crippen molar-refractivity contribution in [3.05, 3.63) is 33.8 Å².